The molecule has 0 fully saturated rings. The Balaban J connectivity index is 2.51. The second-order valence-electron chi connectivity index (χ2n) is 3.40. The normalized spacial score (nSPS) is 34.9. The van der Waals surface area contributed by atoms with Crippen LogP contribution in [0.5, 0.6) is 0 Å². The number of aromatic nitrogens is 2. The van der Waals surface area contributed by atoms with Gasteiger partial charge in [0, 0.05) is 12.4 Å². The average molecular weight is 214 g/mol. The summed E-state index contributed by atoms with van der Waals surface area (Å²) in [5.41, 5.74) is 0. The van der Waals surface area contributed by atoms with Crippen molar-refractivity contribution < 1.29 is 25.2 Å². The van der Waals surface area contributed by atoms with Crippen LogP contribution in [0.3, 0.4) is 0 Å². The third-order valence-electron chi connectivity index (χ3n) is 2.51. The quantitative estimate of drug-likeness (QED) is 0.442. The van der Waals surface area contributed by atoms with Crippen molar-refractivity contribution in [1.29, 1.82) is 0 Å². The van der Waals surface area contributed by atoms with E-state index in [0.29, 0.717) is 0 Å². The summed E-state index contributed by atoms with van der Waals surface area (Å²) in [5.74, 6) is -1.24. The van der Waals surface area contributed by atoms with Gasteiger partial charge in [-0.3, -0.25) is 0 Å². The number of hydrogen-bond acceptors (Lipinski definition) is 5. The van der Waals surface area contributed by atoms with E-state index in [1.54, 1.807) is 0 Å². The number of rotatable bonds is 1. The topological polar surface area (TPSA) is 116 Å². The molecule has 7 nitrogen and oxygen atoms in total. The number of aliphatic hydroxyl groups is 3. The fraction of sp³-hybridized carbons (Fsp3) is 0.500. The van der Waals surface area contributed by atoms with E-state index in [4.69, 9.17) is 5.11 Å². The maximum atomic E-state index is 10.9. The standard InChI is InChI=1S/C8H10N2O5/c11-4-3(8(14)15)10-2-1-9-7(10)6(13)5(4)12/h1-6,11-13H,(H,14,15)/t3-,4-,5+,6+/m1/s1. The van der Waals surface area contributed by atoms with Crippen LogP contribution in [-0.2, 0) is 4.79 Å². The summed E-state index contributed by atoms with van der Waals surface area (Å²) in [4.78, 5) is 14.6. The molecule has 0 saturated carbocycles. The van der Waals surface area contributed by atoms with Gasteiger partial charge in [0.25, 0.3) is 0 Å². The Bertz CT molecular complexity index is 390. The molecule has 1 aliphatic rings. The highest BCUT2D eigenvalue weighted by Gasteiger charge is 2.44. The van der Waals surface area contributed by atoms with Gasteiger partial charge in [0.1, 0.15) is 24.1 Å². The van der Waals surface area contributed by atoms with Crippen molar-refractivity contribution in [3.05, 3.63) is 18.2 Å². The number of imidazole rings is 1. The van der Waals surface area contributed by atoms with E-state index in [1.165, 1.54) is 12.4 Å². The van der Waals surface area contributed by atoms with Gasteiger partial charge in [-0.05, 0) is 0 Å². The van der Waals surface area contributed by atoms with E-state index in [-0.39, 0.29) is 5.82 Å². The van der Waals surface area contributed by atoms with Crippen LogP contribution in [-0.4, -0.2) is 48.2 Å². The summed E-state index contributed by atoms with van der Waals surface area (Å²) in [6, 6.07) is -1.32. The molecule has 0 saturated heterocycles. The van der Waals surface area contributed by atoms with E-state index < -0.39 is 30.3 Å². The Kier molecular flexibility index (Phi) is 2.22. The summed E-state index contributed by atoms with van der Waals surface area (Å²) in [5, 5.41) is 37.3. The maximum Gasteiger partial charge on any atom is 0.329 e. The molecule has 0 amide bonds. The molecule has 0 aliphatic carbocycles. The van der Waals surface area contributed by atoms with Gasteiger partial charge in [0.05, 0.1) is 0 Å². The first-order chi connectivity index (χ1) is 7.04. The van der Waals surface area contributed by atoms with Crippen molar-refractivity contribution in [3.63, 3.8) is 0 Å². The van der Waals surface area contributed by atoms with Gasteiger partial charge in [-0.1, -0.05) is 0 Å². The first-order valence-corrected chi connectivity index (χ1v) is 4.33. The first-order valence-electron chi connectivity index (χ1n) is 4.33. The first kappa shape index (κ1) is 10.1. The molecule has 2 heterocycles. The summed E-state index contributed by atoms with van der Waals surface area (Å²) < 4.78 is 1.14. The molecule has 0 aromatic carbocycles. The fourth-order valence-electron chi connectivity index (χ4n) is 1.74. The minimum absolute atomic E-state index is 0.0419. The van der Waals surface area contributed by atoms with Crippen molar-refractivity contribution in [2.45, 2.75) is 24.4 Å². The lowest BCUT2D eigenvalue weighted by atomic mass is 9.96. The van der Waals surface area contributed by atoms with Crippen LogP contribution in [0.2, 0.25) is 0 Å². The molecular formula is C8H10N2O5. The van der Waals surface area contributed by atoms with Crippen molar-refractivity contribution in [2.24, 2.45) is 0 Å². The molecule has 0 spiro atoms. The Morgan fingerprint density at radius 1 is 1.33 bits per heavy atom. The third-order valence-corrected chi connectivity index (χ3v) is 2.51. The van der Waals surface area contributed by atoms with Crippen molar-refractivity contribution in [3.8, 4) is 0 Å². The molecule has 4 N–H and O–H groups in total. The molecule has 2 rings (SSSR count). The number of nitrogens with zero attached hydrogens (tertiary/aromatic N) is 2. The number of aliphatic hydroxyl groups excluding tert-OH is 3. The highest BCUT2D eigenvalue weighted by molar-refractivity contribution is 5.73. The maximum absolute atomic E-state index is 10.9. The number of carboxylic acids is 1. The Hall–Kier alpha value is -1.44. The van der Waals surface area contributed by atoms with E-state index in [1.807, 2.05) is 0 Å². The van der Waals surface area contributed by atoms with E-state index in [0.717, 1.165) is 4.57 Å². The predicted molar refractivity (Wildman–Crippen MR) is 45.9 cm³/mol. The summed E-state index contributed by atoms with van der Waals surface area (Å²) >= 11 is 0. The van der Waals surface area contributed by atoms with Gasteiger partial charge in [0.15, 0.2) is 6.04 Å². The number of carboxylic acid groups (broad SMARTS) is 1. The zero-order valence-electron chi connectivity index (χ0n) is 7.56. The van der Waals surface area contributed by atoms with Crippen molar-refractivity contribution in [1.82, 2.24) is 9.55 Å². The SMILES string of the molecule is O=C(O)[C@H]1[C@@H](O)[C@H](O)[C@H](O)c2nccn21. The minimum atomic E-state index is -1.56. The molecule has 7 heteroatoms. The summed E-state index contributed by atoms with van der Waals surface area (Å²) in [7, 11) is 0. The smallest absolute Gasteiger partial charge is 0.329 e. The molecule has 1 aromatic heterocycles. The molecule has 0 bridgehead atoms. The molecule has 15 heavy (non-hydrogen) atoms. The third kappa shape index (κ3) is 1.32. The van der Waals surface area contributed by atoms with Crippen LogP contribution in [0.25, 0.3) is 0 Å². The fourth-order valence-corrected chi connectivity index (χ4v) is 1.74. The van der Waals surface area contributed by atoms with Crippen LogP contribution >= 0.6 is 0 Å². The number of aliphatic carboxylic acids is 1. The van der Waals surface area contributed by atoms with E-state index >= 15 is 0 Å². The van der Waals surface area contributed by atoms with Crippen LogP contribution < -0.4 is 0 Å². The minimum Gasteiger partial charge on any atom is -0.480 e. The van der Waals surface area contributed by atoms with Gasteiger partial charge < -0.3 is 25.0 Å². The number of fused-ring (bicyclic) bond motifs is 1. The lowest BCUT2D eigenvalue weighted by Gasteiger charge is -2.33. The number of carbonyl (C=O) groups is 1. The molecule has 0 radical (unpaired) electrons. The second kappa shape index (κ2) is 3.30. The van der Waals surface area contributed by atoms with Crippen molar-refractivity contribution >= 4 is 5.97 Å². The number of hydrogen-bond donors (Lipinski definition) is 4. The lowest BCUT2D eigenvalue weighted by molar-refractivity contribution is -0.156. The zero-order chi connectivity index (χ0) is 11.2. The van der Waals surface area contributed by atoms with E-state index in [9.17, 15) is 20.1 Å². The predicted octanol–water partition coefficient (Wildman–Crippen LogP) is -1.72. The highest BCUT2D eigenvalue weighted by Crippen LogP contribution is 2.31. The van der Waals surface area contributed by atoms with Gasteiger partial charge in [-0.15, -0.1) is 0 Å². The van der Waals surface area contributed by atoms with E-state index in [2.05, 4.69) is 4.98 Å². The van der Waals surface area contributed by atoms with Gasteiger partial charge in [-0.2, -0.15) is 0 Å². The summed E-state index contributed by atoms with van der Waals surface area (Å²) in [6.45, 7) is 0. The van der Waals surface area contributed by atoms with Crippen LogP contribution in [0.15, 0.2) is 12.4 Å². The van der Waals surface area contributed by atoms with Gasteiger partial charge >= 0.3 is 5.97 Å². The molecule has 4 atom stereocenters. The second-order valence-corrected chi connectivity index (χ2v) is 3.40. The van der Waals surface area contributed by atoms with Gasteiger partial charge in [0.2, 0.25) is 0 Å². The Morgan fingerprint density at radius 3 is 2.60 bits per heavy atom. The van der Waals surface area contributed by atoms with Crippen LogP contribution in [0.1, 0.15) is 18.0 Å². The Labute approximate surface area is 84.2 Å². The van der Waals surface area contributed by atoms with Crippen LogP contribution in [0.4, 0.5) is 0 Å². The lowest BCUT2D eigenvalue weighted by Crippen LogP contribution is -2.47. The highest BCUT2D eigenvalue weighted by atomic mass is 16.4. The monoisotopic (exact) mass is 214 g/mol. The molecule has 1 aromatic rings. The molecule has 0 unspecified atom stereocenters. The van der Waals surface area contributed by atoms with Gasteiger partial charge in [-0.25, -0.2) is 9.78 Å². The summed E-state index contributed by atoms with van der Waals surface area (Å²) in [6.07, 6.45) is -1.82. The largest absolute Gasteiger partial charge is 0.480 e. The zero-order valence-corrected chi connectivity index (χ0v) is 7.56. The molecule has 82 valence electrons. The Morgan fingerprint density at radius 2 is 2.00 bits per heavy atom. The van der Waals surface area contributed by atoms with Crippen molar-refractivity contribution in [2.75, 3.05) is 0 Å². The molecular weight excluding hydrogens is 204 g/mol. The molecule has 1 aliphatic heterocycles. The average Bonchev–Trinajstić information content (AvgIpc) is 2.62. The van der Waals surface area contributed by atoms with Crippen LogP contribution in [0, 0.1) is 0 Å².